The van der Waals surface area contributed by atoms with Crippen LogP contribution in [0.4, 0.5) is 10.8 Å². The number of aliphatic imine (C=N–C) groups is 1. The lowest BCUT2D eigenvalue weighted by Gasteiger charge is -1.97. The molecule has 22 heavy (non-hydrogen) atoms. The number of hydrogen-bond donors (Lipinski definition) is 1. The molecule has 1 aliphatic heterocycles. The summed E-state index contributed by atoms with van der Waals surface area (Å²) >= 11 is 2.48. The number of amides is 1. The van der Waals surface area contributed by atoms with E-state index in [-0.39, 0.29) is 11.6 Å². The van der Waals surface area contributed by atoms with Gasteiger partial charge in [0, 0.05) is 17.6 Å². The first-order valence-electron chi connectivity index (χ1n) is 6.06. The standard InChI is InChI=1S/C13H8N4O3S2/c18-11-10(7-8-3-1-2-4-9(8)17(19)20)22-13(15-11)16-12-14-5-6-21-12/h1-7H,(H,14,15,16,18)/b10-7-. The molecular weight excluding hydrogens is 324 g/mol. The molecule has 1 saturated heterocycles. The fraction of sp³-hybridized carbons (Fsp3) is 0. The SMILES string of the molecule is O=C1NC(=Nc2nccs2)S/C1=C\c1ccccc1[N+](=O)[O-]. The summed E-state index contributed by atoms with van der Waals surface area (Å²) in [6.07, 6.45) is 3.11. The molecule has 0 saturated carbocycles. The average Bonchev–Trinajstić information content (AvgIpc) is 3.10. The molecule has 1 aliphatic rings. The summed E-state index contributed by atoms with van der Waals surface area (Å²) in [5, 5.41) is 16.3. The van der Waals surface area contributed by atoms with Crippen LogP contribution in [0, 0.1) is 10.1 Å². The van der Waals surface area contributed by atoms with Gasteiger partial charge in [0.15, 0.2) is 5.17 Å². The van der Waals surface area contributed by atoms with Crippen molar-refractivity contribution in [2.24, 2.45) is 4.99 Å². The van der Waals surface area contributed by atoms with E-state index in [1.54, 1.807) is 29.8 Å². The number of amidine groups is 1. The maximum atomic E-state index is 11.9. The Morgan fingerprint density at radius 1 is 1.36 bits per heavy atom. The second kappa shape index (κ2) is 6.08. The Bertz CT molecular complexity index is 799. The number of nitrogens with zero attached hydrogens (tertiary/aromatic N) is 3. The molecule has 0 atom stereocenters. The Labute approximate surface area is 132 Å². The van der Waals surface area contributed by atoms with Crippen molar-refractivity contribution in [3.8, 4) is 0 Å². The third-order valence-electron chi connectivity index (χ3n) is 2.69. The third kappa shape index (κ3) is 3.05. The van der Waals surface area contributed by atoms with E-state index in [4.69, 9.17) is 0 Å². The largest absolute Gasteiger partial charge is 0.300 e. The molecule has 1 amide bonds. The monoisotopic (exact) mass is 332 g/mol. The molecule has 1 aromatic carbocycles. The Balaban J connectivity index is 1.90. The zero-order valence-electron chi connectivity index (χ0n) is 10.9. The van der Waals surface area contributed by atoms with Crippen molar-refractivity contribution < 1.29 is 9.72 Å². The summed E-state index contributed by atoms with van der Waals surface area (Å²) < 4.78 is 0. The van der Waals surface area contributed by atoms with Crippen molar-refractivity contribution in [3.05, 3.63) is 56.4 Å². The van der Waals surface area contributed by atoms with E-state index in [2.05, 4.69) is 15.3 Å². The number of carbonyl (C=O) groups excluding carboxylic acids is 1. The van der Waals surface area contributed by atoms with E-state index in [1.165, 1.54) is 23.5 Å². The topological polar surface area (TPSA) is 97.5 Å². The minimum absolute atomic E-state index is 0.0475. The highest BCUT2D eigenvalue weighted by Crippen LogP contribution is 2.30. The fourth-order valence-electron chi connectivity index (χ4n) is 1.76. The Morgan fingerprint density at radius 2 is 2.18 bits per heavy atom. The van der Waals surface area contributed by atoms with Gasteiger partial charge in [0.25, 0.3) is 11.6 Å². The number of nitrogens with one attached hydrogen (secondary N) is 1. The van der Waals surface area contributed by atoms with Gasteiger partial charge in [0.05, 0.1) is 15.4 Å². The lowest BCUT2D eigenvalue weighted by Crippen LogP contribution is -2.19. The highest BCUT2D eigenvalue weighted by Gasteiger charge is 2.25. The van der Waals surface area contributed by atoms with Gasteiger partial charge in [-0.2, -0.15) is 4.99 Å². The van der Waals surface area contributed by atoms with Crippen molar-refractivity contribution in [2.45, 2.75) is 0 Å². The van der Waals surface area contributed by atoms with Crippen molar-refractivity contribution in [1.29, 1.82) is 0 Å². The third-order valence-corrected chi connectivity index (χ3v) is 4.26. The van der Waals surface area contributed by atoms with Gasteiger partial charge in [0.1, 0.15) is 0 Å². The first-order chi connectivity index (χ1) is 10.6. The molecule has 0 bridgehead atoms. The van der Waals surface area contributed by atoms with Crippen LogP contribution in [0.3, 0.4) is 0 Å². The van der Waals surface area contributed by atoms with E-state index in [0.717, 1.165) is 11.8 Å². The maximum absolute atomic E-state index is 11.9. The molecular formula is C13H8N4O3S2. The van der Waals surface area contributed by atoms with Crippen LogP contribution in [0.25, 0.3) is 6.08 Å². The van der Waals surface area contributed by atoms with E-state index in [9.17, 15) is 14.9 Å². The van der Waals surface area contributed by atoms with Gasteiger partial charge in [0.2, 0.25) is 5.13 Å². The van der Waals surface area contributed by atoms with Crippen LogP contribution < -0.4 is 5.32 Å². The van der Waals surface area contributed by atoms with Gasteiger partial charge in [-0.25, -0.2) is 4.98 Å². The lowest BCUT2D eigenvalue weighted by atomic mass is 10.1. The van der Waals surface area contributed by atoms with E-state index >= 15 is 0 Å². The molecule has 0 spiro atoms. The predicted molar refractivity (Wildman–Crippen MR) is 86.0 cm³/mol. The van der Waals surface area contributed by atoms with Crippen molar-refractivity contribution in [2.75, 3.05) is 0 Å². The summed E-state index contributed by atoms with van der Waals surface area (Å²) in [6.45, 7) is 0. The van der Waals surface area contributed by atoms with Crippen LogP contribution in [0.15, 0.2) is 45.7 Å². The summed E-state index contributed by atoms with van der Waals surface area (Å²) in [5.74, 6) is -0.335. The van der Waals surface area contributed by atoms with Gasteiger partial charge >= 0.3 is 0 Å². The number of hydrogen-bond acceptors (Lipinski definition) is 7. The highest BCUT2D eigenvalue weighted by molar-refractivity contribution is 8.18. The molecule has 9 heteroatoms. The van der Waals surface area contributed by atoms with Gasteiger partial charge in [-0.1, -0.05) is 12.1 Å². The first kappa shape index (κ1) is 14.4. The zero-order chi connectivity index (χ0) is 15.5. The van der Waals surface area contributed by atoms with E-state index in [0.29, 0.717) is 20.8 Å². The molecule has 0 radical (unpaired) electrons. The summed E-state index contributed by atoms with van der Waals surface area (Å²) in [5.41, 5.74) is 0.328. The minimum atomic E-state index is -0.478. The lowest BCUT2D eigenvalue weighted by molar-refractivity contribution is -0.385. The van der Waals surface area contributed by atoms with Crippen molar-refractivity contribution in [1.82, 2.24) is 10.3 Å². The average molecular weight is 332 g/mol. The van der Waals surface area contributed by atoms with E-state index in [1.807, 2.05) is 0 Å². The summed E-state index contributed by atoms with van der Waals surface area (Å²) in [6, 6.07) is 6.25. The number of benzene rings is 1. The second-order valence-corrected chi connectivity index (χ2v) is 6.02. The molecule has 0 unspecified atom stereocenters. The van der Waals surface area contributed by atoms with Crippen molar-refractivity contribution >= 4 is 51.1 Å². The first-order valence-corrected chi connectivity index (χ1v) is 7.75. The van der Waals surface area contributed by atoms with Crippen LogP contribution in [0.5, 0.6) is 0 Å². The quantitative estimate of drug-likeness (QED) is 0.529. The maximum Gasteiger partial charge on any atom is 0.276 e. The normalized spacial score (nSPS) is 17.9. The van der Waals surface area contributed by atoms with Crippen LogP contribution in [-0.2, 0) is 4.79 Å². The van der Waals surface area contributed by atoms with Crippen LogP contribution in [0.1, 0.15) is 5.56 Å². The van der Waals surface area contributed by atoms with Gasteiger partial charge in [-0.05, 0) is 23.9 Å². The number of nitro groups is 1. The number of thiazole rings is 1. The fourth-order valence-corrected chi connectivity index (χ4v) is 3.14. The van der Waals surface area contributed by atoms with E-state index < -0.39 is 4.92 Å². The van der Waals surface area contributed by atoms with Gasteiger partial charge in [-0.3, -0.25) is 14.9 Å². The van der Waals surface area contributed by atoms with Crippen LogP contribution >= 0.6 is 23.1 Å². The Kier molecular flexibility index (Phi) is 3.98. The zero-order valence-corrected chi connectivity index (χ0v) is 12.6. The molecule has 1 fully saturated rings. The number of para-hydroxylation sites is 1. The summed E-state index contributed by atoms with van der Waals surface area (Å²) in [4.78, 5) is 31.0. The molecule has 0 aliphatic carbocycles. The molecule has 1 N–H and O–H groups in total. The Morgan fingerprint density at radius 3 is 2.91 bits per heavy atom. The minimum Gasteiger partial charge on any atom is -0.300 e. The molecule has 2 heterocycles. The number of carbonyl (C=O) groups is 1. The van der Waals surface area contributed by atoms with Gasteiger partial charge < -0.3 is 5.32 Å². The predicted octanol–water partition coefficient (Wildman–Crippen LogP) is 2.94. The smallest absolute Gasteiger partial charge is 0.276 e. The molecule has 2 aromatic rings. The molecule has 110 valence electrons. The highest BCUT2D eigenvalue weighted by atomic mass is 32.2. The molecule has 3 rings (SSSR count). The van der Waals surface area contributed by atoms with Crippen LogP contribution in [-0.4, -0.2) is 21.0 Å². The Hall–Kier alpha value is -2.52. The number of thioether (sulfide) groups is 1. The second-order valence-electron chi connectivity index (χ2n) is 4.11. The summed E-state index contributed by atoms with van der Waals surface area (Å²) in [7, 11) is 0. The van der Waals surface area contributed by atoms with Gasteiger partial charge in [-0.15, -0.1) is 11.3 Å². The van der Waals surface area contributed by atoms with Crippen LogP contribution in [0.2, 0.25) is 0 Å². The number of nitro benzene ring substituents is 1. The number of rotatable bonds is 3. The van der Waals surface area contributed by atoms with Crippen molar-refractivity contribution in [3.63, 3.8) is 0 Å². The molecule has 1 aromatic heterocycles. The molecule has 7 nitrogen and oxygen atoms in total. The number of aromatic nitrogens is 1.